The molecule has 2 heteroatoms. The van der Waals surface area contributed by atoms with E-state index in [1.165, 1.54) is 53.6 Å². The van der Waals surface area contributed by atoms with Gasteiger partial charge in [0.1, 0.15) is 5.75 Å². The predicted octanol–water partition coefficient (Wildman–Crippen LogP) is 7.45. The number of hydrogen-bond acceptors (Lipinski definition) is 2. The largest absolute Gasteiger partial charge is 0.494 e. The number of hydrogen-bond donors (Lipinski definition) is 0. The zero-order chi connectivity index (χ0) is 21.0. The van der Waals surface area contributed by atoms with Crippen LogP contribution in [0.1, 0.15) is 62.8 Å². The molecule has 1 heterocycles. The summed E-state index contributed by atoms with van der Waals surface area (Å²) in [5, 5.41) is 0. The summed E-state index contributed by atoms with van der Waals surface area (Å²) < 4.78 is 5.81. The van der Waals surface area contributed by atoms with E-state index in [0.29, 0.717) is 0 Å². The molecule has 0 aliphatic rings. The Bertz CT molecular complexity index is 851. The van der Waals surface area contributed by atoms with Gasteiger partial charge in [0.2, 0.25) is 0 Å². The van der Waals surface area contributed by atoms with Crippen molar-refractivity contribution in [3.05, 3.63) is 83.7 Å². The fourth-order valence-corrected chi connectivity index (χ4v) is 3.55. The van der Waals surface area contributed by atoms with Crippen molar-refractivity contribution in [3.8, 4) is 16.9 Å². The number of nitrogens with zero attached hydrogens (tertiary/aromatic N) is 1. The van der Waals surface area contributed by atoms with E-state index < -0.39 is 0 Å². The van der Waals surface area contributed by atoms with E-state index in [9.17, 15) is 0 Å². The number of aryl methyl sites for hydroxylation is 3. The van der Waals surface area contributed by atoms with Crippen molar-refractivity contribution < 1.29 is 4.74 Å². The number of rotatable bonds is 12. The molecule has 0 aliphatic carbocycles. The highest BCUT2D eigenvalue weighted by molar-refractivity contribution is 5.64. The standard InChI is InChI=1S/C28H35NO/c1-3-5-7-21-30-28-19-15-26(16-20-28)25-13-9-23(10-14-25)11-17-27-18-12-24(22-29-27)8-6-4-2/h9-10,12-16,18-20,22H,3-8,11,17,21H2,1-2H3. The van der Waals surface area contributed by atoms with Crippen LogP contribution in [0.15, 0.2) is 66.9 Å². The molecule has 0 fully saturated rings. The van der Waals surface area contributed by atoms with Gasteiger partial charge < -0.3 is 4.74 Å². The average molecular weight is 402 g/mol. The van der Waals surface area contributed by atoms with Crippen molar-refractivity contribution in [3.63, 3.8) is 0 Å². The van der Waals surface area contributed by atoms with Gasteiger partial charge in [-0.3, -0.25) is 4.98 Å². The first-order valence-corrected chi connectivity index (χ1v) is 11.5. The molecule has 1 aromatic heterocycles. The van der Waals surface area contributed by atoms with E-state index in [2.05, 4.69) is 79.5 Å². The van der Waals surface area contributed by atoms with E-state index in [1.54, 1.807) is 0 Å². The second-order valence-electron chi connectivity index (χ2n) is 8.04. The lowest BCUT2D eigenvalue weighted by atomic mass is 10.0. The summed E-state index contributed by atoms with van der Waals surface area (Å²) >= 11 is 0. The van der Waals surface area contributed by atoms with Crippen molar-refractivity contribution in [2.24, 2.45) is 0 Å². The van der Waals surface area contributed by atoms with Crippen molar-refractivity contribution in [1.82, 2.24) is 4.98 Å². The molecule has 0 atom stereocenters. The summed E-state index contributed by atoms with van der Waals surface area (Å²) in [5.41, 5.74) is 6.35. The van der Waals surface area contributed by atoms with E-state index in [1.807, 2.05) is 6.20 Å². The van der Waals surface area contributed by atoms with Gasteiger partial charge in [0, 0.05) is 11.9 Å². The van der Waals surface area contributed by atoms with E-state index in [-0.39, 0.29) is 0 Å². The van der Waals surface area contributed by atoms with Gasteiger partial charge in [0.25, 0.3) is 0 Å². The van der Waals surface area contributed by atoms with Crippen LogP contribution >= 0.6 is 0 Å². The normalized spacial score (nSPS) is 10.9. The number of benzene rings is 2. The summed E-state index contributed by atoms with van der Waals surface area (Å²) in [5.74, 6) is 0.958. The Morgan fingerprint density at radius 1 is 0.633 bits per heavy atom. The number of pyridine rings is 1. The summed E-state index contributed by atoms with van der Waals surface area (Å²) in [7, 11) is 0. The molecule has 0 radical (unpaired) electrons. The van der Waals surface area contributed by atoms with Crippen LogP contribution in [0, 0.1) is 0 Å². The fraction of sp³-hybridized carbons (Fsp3) is 0.393. The average Bonchev–Trinajstić information content (AvgIpc) is 2.81. The van der Waals surface area contributed by atoms with Crippen molar-refractivity contribution in [2.45, 2.75) is 65.2 Å². The molecule has 30 heavy (non-hydrogen) atoms. The van der Waals surface area contributed by atoms with Gasteiger partial charge in [0.05, 0.1) is 6.61 Å². The van der Waals surface area contributed by atoms with Gasteiger partial charge in [-0.1, -0.05) is 75.6 Å². The van der Waals surface area contributed by atoms with Crippen LogP contribution in [0.25, 0.3) is 11.1 Å². The summed E-state index contributed by atoms with van der Waals surface area (Å²) in [6.07, 6.45) is 11.2. The zero-order valence-electron chi connectivity index (χ0n) is 18.6. The van der Waals surface area contributed by atoms with Crippen LogP contribution in [0.3, 0.4) is 0 Å². The van der Waals surface area contributed by atoms with Crippen LogP contribution in [0.4, 0.5) is 0 Å². The Labute approximate surface area is 182 Å². The Morgan fingerprint density at radius 2 is 1.30 bits per heavy atom. The molecule has 3 aromatic rings. The minimum absolute atomic E-state index is 0.804. The highest BCUT2D eigenvalue weighted by Gasteiger charge is 2.02. The minimum Gasteiger partial charge on any atom is -0.494 e. The third-order valence-corrected chi connectivity index (χ3v) is 5.53. The topological polar surface area (TPSA) is 22.1 Å². The Morgan fingerprint density at radius 3 is 1.93 bits per heavy atom. The Balaban J connectivity index is 1.49. The van der Waals surface area contributed by atoms with Crippen molar-refractivity contribution in [1.29, 1.82) is 0 Å². The minimum atomic E-state index is 0.804. The van der Waals surface area contributed by atoms with Crippen LogP contribution < -0.4 is 4.74 Å². The molecular weight excluding hydrogens is 366 g/mol. The molecule has 3 rings (SSSR count). The second kappa shape index (κ2) is 12.2. The lowest BCUT2D eigenvalue weighted by Gasteiger charge is -2.08. The monoisotopic (exact) mass is 401 g/mol. The van der Waals surface area contributed by atoms with Crippen molar-refractivity contribution >= 4 is 0 Å². The molecule has 0 N–H and O–H groups in total. The zero-order valence-corrected chi connectivity index (χ0v) is 18.6. The van der Waals surface area contributed by atoms with Crippen LogP contribution in [-0.4, -0.2) is 11.6 Å². The smallest absolute Gasteiger partial charge is 0.119 e. The third-order valence-electron chi connectivity index (χ3n) is 5.53. The molecule has 2 nitrogen and oxygen atoms in total. The first kappa shape index (κ1) is 22.1. The predicted molar refractivity (Wildman–Crippen MR) is 127 cm³/mol. The molecule has 0 amide bonds. The molecule has 2 aromatic carbocycles. The maximum absolute atomic E-state index is 5.81. The van der Waals surface area contributed by atoms with E-state index >= 15 is 0 Å². The highest BCUT2D eigenvalue weighted by atomic mass is 16.5. The third kappa shape index (κ3) is 7.02. The molecule has 0 saturated heterocycles. The molecular formula is C28H35NO. The van der Waals surface area contributed by atoms with Gasteiger partial charge >= 0.3 is 0 Å². The molecule has 0 aliphatic heterocycles. The number of ether oxygens (including phenoxy) is 1. The Kier molecular flexibility index (Phi) is 8.96. The van der Waals surface area contributed by atoms with E-state index in [0.717, 1.165) is 38.0 Å². The van der Waals surface area contributed by atoms with E-state index in [4.69, 9.17) is 4.74 Å². The van der Waals surface area contributed by atoms with Crippen molar-refractivity contribution in [2.75, 3.05) is 6.61 Å². The summed E-state index contributed by atoms with van der Waals surface area (Å²) in [6.45, 7) is 5.24. The second-order valence-corrected chi connectivity index (χ2v) is 8.04. The Hall–Kier alpha value is -2.61. The van der Waals surface area contributed by atoms with Gasteiger partial charge in [-0.05, 0) is 72.6 Å². The van der Waals surface area contributed by atoms with Crippen LogP contribution in [0.2, 0.25) is 0 Å². The molecule has 0 unspecified atom stereocenters. The molecule has 0 saturated carbocycles. The maximum Gasteiger partial charge on any atom is 0.119 e. The molecule has 0 spiro atoms. The number of unbranched alkanes of at least 4 members (excludes halogenated alkanes) is 3. The quantitative estimate of drug-likeness (QED) is 0.294. The summed E-state index contributed by atoms with van der Waals surface area (Å²) in [4.78, 5) is 4.64. The van der Waals surface area contributed by atoms with Gasteiger partial charge in [-0.25, -0.2) is 0 Å². The van der Waals surface area contributed by atoms with Crippen LogP contribution in [-0.2, 0) is 19.3 Å². The van der Waals surface area contributed by atoms with Gasteiger partial charge in [-0.15, -0.1) is 0 Å². The number of aromatic nitrogens is 1. The lowest BCUT2D eigenvalue weighted by molar-refractivity contribution is 0.306. The SMILES string of the molecule is CCCCCOc1ccc(-c2ccc(CCc3ccc(CCCC)cn3)cc2)cc1. The highest BCUT2D eigenvalue weighted by Crippen LogP contribution is 2.23. The first-order valence-electron chi connectivity index (χ1n) is 11.5. The van der Waals surface area contributed by atoms with Gasteiger partial charge in [-0.2, -0.15) is 0 Å². The van der Waals surface area contributed by atoms with Crippen LogP contribution in [0.5, 0.6) is 5.75 Å². The summed E-state index contributed by atoms with van der Waals surface area (Å²) in [6, 6.07) is 21.8. The van der Waals surface area contributed by atoms with Gasteiger partial charge in [0.15, 0.2) is 0 Å². The fourth-order valence-electron chi connectivity index (χ4n) is 3.55. The maximum atomic E-state index is 5.81. The lowest BCUT2D eigenvalue weighted by Crippen LogP contribution is -1.97. The first-order chi connectivity index (χ1) is 14.8. The molecule has 158 valence electrons. The molecule has 0 bridgehead atoms.